The molecule has 0 radical (unpaired) electrons. The molecule has 0 aliphatic rings. The summed E-state index contributed by atoms with van der Waals surface area (Å²) in [6.07, 6.45) is -3.33. The van der Waals surface area contributed by atoms with Crippen LogP contribution in [0.1, 0.15) is 0 Å². The molecule has 12 heteroatoms. The smallest absolute Gasteiger partial charge is 0.411 e. The third-order valence-electron chi connectivity index (χ3n) is 6.12. The van der Waals surface area contributed by atoms with Gasteiger partial charge in [-0.2, -0.15) is 0 Å². The Labute approximate surface area is 259 Å². The minimum Gasteiger partial charge on any atom is -0.448 e. The average Bonchev–Trinajstić information content (AvgIpc) is 3.06. The molecular formula is C33H32N4O8. The second-order valence-corrected chi connectivity index (χ2v) is 9.77. The van der Waals surface area contributed by atoms with Gasteiger partial charge >= 0.3 is 24.4 Å². The molecule has 0 heterocycles. The minimum atomic E-state index is -1.52. The Morgan fingerprint density at radius 3 is 0.778 bits per heavy atom. The van der Waals surface area contributed by atoms with Crippen LogP contribution in [0.4, 0.5) is 41.9 Å². The van der Waals surface area contributed by atoms with Crippen LogP contribution >= 0.6 is 0 Å². The zero-order valence-electron chi connectivity index (χ0n) is 24.1. The standard InChI is InChI=1S/C33H32N4O8/c38-29(34-25-13-5-1-6-14-25)42-21-33(22-43-30(39)35-26-15-7-2-8-16-26,23-44-31(40)36-27-17-9-3-10-18-27)24-45-32(41)37-28-19-11-4-12-20-28/h1-20H,21-24H2,(H,34,38)(H,35,39)(H,36,40)(H,37,41). The molecule has 4 amide bonds. The van der Waals surface area contributed by atoms with Gasteiger partial charge in [-0.25, -0.2) is 19.2 Å². The van der Waals surface area contributed by atoms with Crippen molar-refractivity contribution in [3.8, 4) is 0 Å². The van der Waals surface area contributed by atoms with Gasteiger partial charge in [-0.05, 0) is 48.5 Å². The number of carbonyl (C=O) groups excluding carboxylic acids is 4. The lowest BCUT2D eigenvalue weighted by Crippen LogP contribution is -2.45. The van der Waals surface area contributed by atoms with Crippen LogP contribution in [-0.4, -0.2) is 50.8 Å². The number of nitrogens with one attached hydrogen (secondary N) is 4. The molecule has 0 saturated carbocycles. The highest BCUT2D eigenvalue weighted by Crippen LogP contribution is 2.23. The Balaban J connectivity index is 1.50. The van der Waals surface area contributed by atoms with Crippen LogP contribution in [0.15, 0.2) is 121 Å². The van der Waals surface area contributed by atoms with Gasteiger partial charge < -0.3 is 18.9 Å². The van der Waals surface area contributed by atoms with E-state index in [1.54, 1.807) is 121 Å². The molecule has 0 aliphatic carbocycles. The van der Waals surface area contributed by atoms with Crippen molar-refractivity contribution in [2.75, 3.05) is 47.7 Å². The molecule has 0 aliphatic heterocycles. The molecule has 0 atom stereocenters. The summed E-state index contributed by atoms with van der Waals surface area (Å²) in [6, 6.07) is 34.3. The summed E-state index contributed by atoms with van der Waals surface area (Å²) in [5.41, 5.74) is 0.378. The van der Waals surface area contributed by atoms with E-state index in [4.69, 9.17) is 18.9 Å². The lowest BCUT2D eigenvalue weighted by Gasteiger charge is -2.31. The van der Waals surface area contributed by atoms with E-state index in [0.29, 0.717) is 22.7 Å². The van der Waals surface area contributed by atoms with E-state index < -0.39 is 56.2 Å². The third kappa shape index (κ3) is 11.3. The number of benzene rings is 4. The maximum Gasteiger partial charge on any atom is 0.411 e. The molecule has 0 saturated heterocycles. The Morgan fingerprint density at radius 2 is 0.578 bits per heavy atom. The summed E-state index contributed by atoms with van der Waals surface area (Å²) in [5.74, 6) is 0. The Bertz CT molecular complexity index is 1290. The van der Waals surface area contributed by atoms with Gasteiger partial charge in [0.15, 0.2) is 0 Å². The number of anilines is 4. The quantitative estimate of drug-likeness (QED) is 0.125. The molecule has 4 rings (SSSR count). The van der Waals surface area contributed by atoms with Gasteiger partial charge in [-0.3, -0.25) is 21.3 Å². The first-order valence-corrected chi connectivity index (χ1v) is 13.8. The van der Waals surface area contributed by atoms with Crippen molar-refractivity contribution < 1.29 is 38.1 Å². The molecule has 0 spiro atoms. The van der Waals surface area contributed by atoms with Crippen LogP contribution in [-0.2, 0) is 18.9 Å². The van der Waals surface area contributed by atoms with Gasteiger partial charge in [0.1, 0.15) is 31.8 Å². The van der Waals surface area contributed by atoms with Gasteiger partial charge in [0.2, 0.25) is 0 Å². The zero-order valence-corrected chi connectivity index (χ0v) is 24.1. The lowest BCUT2D eigenvalue weighted by atomic mass is 9.92. The second-order valence-electron chi connectivity index (χ2n) is 9.77. The molecular weight excluding hydrogens is 580 g/mol. The molecule has 4 N–H and O–H groups in total. The number of ether oxygens (including phenoxy) is 4. The van der Waals surface area contributed by atoms with Gasteiger partial charge in [-0.1, -0.05) is 72.8 Å². The number of hydrogen-bond donors (Lipinski definition) is 4. The fourth-order valence-corrected chi connectivity index (χ4v) is 3.83. The van der Waals surface area contributed by atoms with E-state index in [1.165, 1.54) is 0 Å². The van der Waals surface area contributed by atoms with Crippen molar-refractivity contribution in [3.05, 3.63) is 121 Å². The summed E-state index contributed by atoms with van der Waals surface area (Å²) >= 11 is 0. The summed E-state index contributed by atoms with van der Waals surface area (Å²) < 4.78 is 21.9. The van der Waals surface area contributed by atoms with Crippen molar-refractivity contribution in [1.82, 2.24) is 0 Å². The number of para-hydroxylation sites is 4. The highest BCUT2D eigenvalue weighted by Gasteiger charge is 2.38. The monoisotopic (exact) mass is 612 g/mol. The highest BCUT2D eigenvalue weighted by molar-refractivity contribution is 5.86. The minimum absolute atomic E-state index is 0.471. The molecule has 4 aromatic rings. The third-order valence-corrected chi connectivity index (χ3v) is 6.12. The topological polar surface area (TPSA) is 153 Å². The fourth-order valence-electron chi connectivity index (χ4n) is 3.83. The van der Waals surface area contributed by atoms with Crippen molar-refractivity contribution in [2.24, 2.45) is 5.41 Å². The van der Waals surface area contributed by atoms with Crippen molar-refractivity contribution in [3.63, 3.8) is 0 Å². The highest BCUT2D eigenvalue weighted by atomic mass is 16.6. The van der Waals surface area contributed by atoms with Gasteiger partial charge in [-0.15, -0.1) is 0 Å². The number of carbonyl (C=O) groups is 4. The SMILES string of the molecule is O=C(Nc1ccccc1)OCC(COC(=O)Nc1ccccc1)(COC(=O)Nc1ccccc1)COC(=O)Nc1ccccc1. The first-order valence-electron chi connectivity index (χ1n) is 13.8. The van der Waals surface area contributed by atoms with E-state index >= 15 is 0 Å². The second kappa shape index (κ2) is 16.6. The van der Waals surface area contributed by atoms with Crippen LogP contribution in [0.3, 0.4) is 0 Å². The van der Waals surface area contributed by atoms with Crippen molar-refractivity contribution in [2.45, 2.75) is 0 Å². The van der Waals surface area contributed by atoms with E-state index in [-0.39, 0.29) is 0 Å². The lowest BCUT2D eigenvalue weighted by molar-refractivity contribution is -0.0420. The van der Waals surface area contributed by atoms with E-state index in [2.05, 4.69) is 21.3 Å². The number of hydrogen-bond acceptors (Lipinski definition) is 8. The summed E-state index contributed by atoms with van der Waals surface area (Å²) in [7, 11) is 0. The maximum atomic E-state index is 12.7. The van der Waals surface area contributed by atoms with E-state index in [0.717, 1.165) is 0 Å². The van der Waals surface area contributed by atoms with Crippen molar-refractivity contribution >= 4 is 47.1 Å². The first-order chi connectivity index (χ1) is 21.9. The predicted molar refractivity (Wildman–Crippen MR) is 168 cm³/mol. The molecule has 232 valence electrons. The van der Waals surface area contributed by atoms with Gasteiger partial charge in [0.25, 0.3) is 0 Å². The van der Waals surface area contributed by atoms with Crippen LogP contribution in [0.2, 0.25) is 0 Å². The Kier molecular flexibility index (Phi) is 11.7. The maximum absolute atomic E-state index is 12.7. The summed E-state index contributed by atoms with van der Waals surface area (Å²) in [5, 5.41) is 10.3. The fraction of sp³-hybridized carbons (Fsp3) is 0.152. The largest absolute Gasteiger partial charge is 0.448 e. The molecule has 4 aromatic carbocycles. The van der Waals surface area contributed by atoms with E-state index in [9.17, 15) is 19.2 Å². The first kappa shape index (κ1) is 31.9. The van der Waals surface area contributed by atoms with Gasteiger partial charge in [0, 0.05) is 22.7 Å². The van der Waals surface area contributed by atoms with Crippen LogP contribution < -0.4 is 21.3 Å². The average molecular weight is 613 g/mol. The Morgan fingerprint density at radius 1 is 0.378 bits per heavy atom. The summed E-state index contributed by atoms with van der Waals surface area (Å²) in [6.45, 7) is -1.88. The Hall–Kier alpha value is -6.04. The zero-order chi connectivity index (χ0) is 31.7. The van der Waals surface area contributed by atoms with Crippen LogP contribution in [0.25, 0.3) is 0 Å². The molecule has 12 nitrogen and oxygen atoms in total. The van der Waals surface area contributed by atoms with Gasteiger partial charge in [0.05, 0.1) is 0 Å². The molecule has 0 bridgehead atoms. The molecule has 45 heavy (non-hydrogen) atoms. The molecule has 0 fully saturated rings. The van der Waals surface area contributed by atoms with Crippen molar-refractivity contribution in [1.29, 1.82) is 0 Å². The van der Waals surface area contributed by atoms with Crippen LogP contribution in [0, 0.1) is 5.41 Å². The number of rotatable bonds is 12. The van der Waals surface area contributed by atoms with E-state index in [1.807, 2.05) is 0 Å². The molecule has 0 aromatic heterocycles. The summed E-state index contributed by atoms with van der Waals surface area (Å²) in [4.78, 5) is 50.8. The normalized spacial score (nSPS) is 10.5. The predicted octanol–water partition coefficient (Wildman–Crippen LogP) is 6.97. The molecule has 0 unspecified atom stereocenters. The van der Waals surface area contributed by atoms with Crippen LogP contribution in [0.5, 0.6) is 0 Å². The number of amides is 4.